The smallest absolute Gasteiger partial charge is 0.272 e. The highest BCUT2D eigenvalue weighted by Gasteiger charge is 2.27. The molecule has 1 aliphatic rings. The monoisotopic (exact) mass is 302 g/mol. The Kier molecular flexibility index (Phi) is 4.01. The third-order valence-corrected chi connectivity index (χ3v) is 3.66. The highest BCUT2D eigenvalue weighted by Crippen LogP contribution is 2.19. The van der Waals surface area contributed by atoms with Gasteiger partial charge < -0.3 is 10.2 Å². The molecule has 1 unspecified atom stereocenters. The lowest BCUT2D eigenvalue weighted by atomic mass is 10.2. The van der Waals surface area contributed by atoms with Gasteiger partial charge in [-0.25, -0.2) is 4.98 Å². The Morgan fingerprint density at radius 2 is 2.19 bits per heavy atom. The fourth-order valence-electron chi connectivity index (χ4n) is 2.44. The zero-order chi connectivity index (χ0) is 14.7. The molecule has 1 N–H and O–H groups in total. The quantitative estimate of drug-likeness (QED) is 0.885. The van der Waals surface area contributed by atoms with Gasteiger partial charge in [0.05, 0.1) is 0 Å². The van der Waals surface area contributed by atoms with E-state index >= 15 is 0 Å². The first-order valence-corrected chi connectivity index (χ1v) is 7.18. The number of anilines is 1. The molecule has 0 radical (unpaired) electrons. The van der Waals surface area contributed by atoms with Crippen molar-refractivity contribution in [3.05, 3.63) is 53.6 Å². The van der Waals surface area contributed by atoms with Crippen molar-refractivity contribution < 1.29 is 4.79 Å². The summed E-state index contributed by atoms with van der Waals surface area (Å²) in [7, 11) is 0. The predicted molar refractivity (Wildman–Crippen MR) is 81.4 cm³/mol. The van der Waals surface area contributed by atoms with Crippen LogP contribution in [0.25, 0.3) is 0 Å². The molecule has 3 heterocycles. The van der Waals surface area contributed by atoms with Crippen LogP contribution < -0.4 is 5.32 Å². The molecule has 0 aromatic carbocycles. The Hall–Kier alpha value is -2.14. The molecular formula is C15H15ClN4O. The lowest BCUT2D eigenvalue weighted by Gasteiger charge is -2.17. The highest BCUT2D eigenvalue weighted by atomic mass is 35.5. The Labute approximate surface area is 128 Å². The molecule has 1 saturated heterocycles. The second kappa shape index (κ2) is 6.10. The Balaban J connectivity index is 1.62. The van der Waals surface area contributed by atoms with Crippen molar-refractivity contribution in [2.75, 3.05) is 18.4 Å². The van der Waals surface area contributed by atoms with Gasteiger partial charge in [0.15, 0.2) is 0 Å². The van der Waals surface area contributed by atoms with Crippen molar-refractivity contribution in [1.82, 2.24) is 14.9 Å². The van der Waals surface area contributed by atoms with Crippen molar-refractivity contribution in [1.29, 1.82) is 0 Å². The van der Waals surface area contributed by atoms with E-state index in [4.69, 9.17) is 11.6 Å². The van der Waals surface area contributed by atoms with Crippen LogP contribution in [-0.4, -0.2) is 39.9 Å². The molecule has 0 aliphatic carbocycles. The summed E-state index contributed by atoms with van der Waals surface area (Å²) in [5, 5.41) is 3.84. The van der Waals surface area contributed by atoms with Crippen molar-refractivity contribution >= 4 is 23.2 Å². The summed E-state index contributed by atoms with van der Waals surface area (Å²) in [6, 6.07) is 9.24. The Morgan fingerprint density at radius 1 is 1.29 bits per heavy atom. The van der Waals surface area contributed by atoms with E-state index in [1.807, 2.05) is 17.0 Å². The molecule has 0 spiro atoms. The van der Waals surface area contributed by atoms with E-state index in [-0.39, 0.29) is 11.9 Å². The van der Waals surface area contributed by atoms with Crippen LogP contribution in [0.2, 0.25) is 5.15 Å². The largest absolute Gasteiger partial charge is 0.380 e. The third-order valence-electron chi connectivity index (χ3n) is 3.46. The third kappa shape index (κ3) is 3.31. The molecule has 1 amide bonds. The number of nitrogens with one attached hydrogen (secondary N) is 1. The van der Waals surface area contributed by atoms with Gasteiger partial charge in [-0.15, -0.1) is 0 Å². The van der Waals surface area contributed by atoms with Gasteiger partial charge in [-0.05, 0) is 30.7 Å². The van der Waals surface area contributed by atoms with E-state index in [1.165, 1.54) is 0 Å². The number of nitrogens with zero attached hydrogens (tertiary/aromatic N) is 3. The molecule has 108 valence electrons. The van der Waals surface area contributed by atoms with Gasteiger partial charge in [0, 0.05) is 37.2 Å². The fraction of sp³-hybridized carbons (Fsp3) is 0.267. The van der Waals surface area contributed by atoms with E-state index in [0.29, 0.717) is 17.4 Å². The maximum absolute atomic E-state index is 12.3. The second-order valence-electron chi connectivity index (χ2n) is 4.96. The van der Waals surface area contributed by atoms with Crippen molar-refractivity contribution in [3.63, 3.8) is 0 Å². The van der Waals surface area contributed by atoms with E-state index < -0.39 is 0 Å². The van der Waals surface area contributed by atoms with Crippen LogP contribution in [-0.2, 0) is 0 Å². The van der Waals surface area contributed by atoms with E-state index in [2.05, 4.69) is 15.3 Å². The molecule has 2 aromatic rings. The number of carbonyl (C=O) groups excluding carboxylic acids is 1. The van der Waals surface area contributed by atoms with Crippen LogP contribution in [0.5, 0.6) is 0 Å². The molecule has 0 saturated carbocycles. The van der Waals surface area contributed by atoms with E-state index in [0.717, 1.165) is 18.7 Å². The average molecular weight is 303 g/mol. The summed E-state index contributed by atoms with van der Waals surface area (Å²) in [6.07, 6.45) is 4.20. The minimum Gasteiger partial charge on any atom is -0.380 e. The number of hydrogen-bond donors (Lipinski definition) is 1. The molecule has 21 heavy (non-hydrogen) atoms. The lowest BCUT2D eigenvalue weighted by Crippen LogP contribution is -2.32. The van der Waals surface area contributed by atoms with Crippen LogP contribution >= 0.6 is 11.6 Å². The normalized spacial score (nSPS) is 17.8. The molecular weight excluding hydrogens is 288 g/mol. The summed E-state index contributed by atoms with van der Waals surface area (Å²) in [5.41, 5.74) is 1.41. The summed E-state index contributed by atoms with van der Waals surface area (Å²) >= 11 is 5.87. The van der Waals surface area contributed by atoms with Gasteiger partial charge in [-0.1, -0.05) is 17.7 Å². The minimum absolute atomic E-state index is 0.0207. The Bertz CT molecular complexity index is 635. The number of rotatable bonds is 3. The molecule has 1 fully saturated rings. The van der Waals surface area contributed by atoms with Crippen molar-refractivity contribution in [2.24, 2.45) is 0 Å². The van der Waals surface area contributed by atoms with Crippen LogP contribution in [0.1, 0.15) is 16.9 Å². The topological polar surface area (TPSA) is 58.1 Å². The van der Waals surface area contributed by atoms with E-state index in [9.17, 15) is 4.79 Å². The molecule has 3 rings (SSSR count). The van der Waals surface area contributed by atoms with Gasteiger partial charge in [0.25, 0.3) is 5.91 Å². The minimum atomic E-state index is -0.0207. The van der Waals surface area contributed by atoms with Crippen LogP contribution in [0.4, 0.5) is 5.69 Å². The average Bonchev–Trinajstić information content (AvgIpc) is 2.96. The first kappa shape index (κ1) is 13.8. The summed E-state index contributed by atoms with van der Waals surface area (Å²) in [6.45, 7) is 1.39. The zero-order valence-corrected chi connectivity index (χ0v) is 12.1. The predicted octanol–water partition coefficient (Wildman–Crippen LogP) is 2.46. The maximum Gasteiger partial charge on any atom is 0.272 e. The molecule has 5 nitrogen and oxygen atoms in total. The van der Waals surface area contributed by atoms with Crippen LogP contribution in [0.15, 0.2) is 42.7 Å². The highest BCUT2D eigenvalue weighted by molar-refractivity contribution is 6.29. The molecule has 1 atom stereocenters. The first-order chi connectivity index (χ1) is 10.2. The van der Waals surface area contributed by atoms with E-state index in [1.54, 1.807) is 30.6 Å². The molecule has 6 heteroatoms. The van der Waals surface area contributed by atoms with Crippen molar-refractivity contribution in [3.8, 4) is 0 Å². The van der Waals surface area contributed by atoms with Gasteiger partial charge in [0.1, 0.15) is 10.8 Å². The second-order valence-corrected chi connectivity index (χ2v) is 5.35. The molecule has 2 aromatic heterocycles. The van der Waals surface area contributed by atoms with Crippen molar-refractivity contribution in [2.45, 2.75) is 12.5 Å². The summed E-state index contributed by atoms with van der Waals surface area (Å²) in [4.78, 5) is 22.2. The maximum atomic E-state index is 12.3. The number of likely N-dealkylation sites (tertiary alicyclic amines) is 1. The summed E-state index contributed by atoms with van der Waals surface area (Å²) in [5.74, 6) is -0.0207. The number of carbonyl (C=O) groups is 1. The van der Waals surface area contributed by atoms with Gasteiger partial charge in [0.2, 0.25) is 0 Å². The van der Waals surface area contributed by atoms with Crippen LogP contribution in [0.3, 0.4) is 0 Å². The van der Waals surface area contributed by atoms with Gasteiger partial charge in [-0.3, -0.25) is 9.78 Å². The molecule has 0 bridgehead atoms. The first-order valence-electron chi connectivity index (χ1n) is 6.81. The lowest BCUT2D eigenvalue weighted by molar-refractivity contribution is 0.0786. The van der Waals surface area contributed by atoms with Crippen LogP contribution in [0, 0.1) is 0 Å². The number of aromatic nitrogens is 2. The number of halogens is 1. The van der Waals surface area contributed by atoms with Gasteiger partial charge >= 0.3 is 0 Å². The zero-order valence-electron chi connectivity index (χ0n) is 11.4. The molecule has 1 aliphatic heterocycles. The number of hydrogen-bond acceptors (Lipinski definition) is 4. The SMILES string of the molecule is O=C(c1ccccn1)N1CCC(Nc2ccnc(Cl)c2)C1. The number of pyridine rings is 2. The standard InChI is InChI=1S/C15H15ClN4O/c16-14-9-11(4-7-18-14)19-12-5-8-20(10-12)15(21)13-3-1-2-6-17-13/h1-4,6-7,9,12H,5,8,10H2,(H,18,19). The van der Waals surface area contributed by atoms with Gasteiger partial charge in [-0.2, -0.15) is 0 Å². The fourth-order valence-corrected chi connectivity index (χ4v) is 2.62. The number of amides is 1. The summed E-state index contributed by atoms with van der Waals surface area (Å²) < 4.78 is 0. The Morgan fingerprint density at radius 3 is 2.95 bits per heavy atom.